The number of amides is 1. The molecular weight excluding hydrogens is 445 g/mol. The summed E-state index contributed by atoms with van der Waals surface area (Å²) in [5, 5.41) is 3.99. The fraction of sp³-hybridized carbons (Fsp3) is 0.393. The van der Waals surface area contributed by atoms with Crippen LogP contribution in [0.15, 0.2) is 29.6 Å². The number of ether oxygens (including phenoxy) is 1. The number of nitrogens with zero attached hydrogens (tertiary/aromatic N) is 2. The van der Waals surface area contributed by atoms with E-state index in [9.17, 15) is 14.0 Å². The summed E-state index contributed by atoms with van der Waals surface area (Å²) >= 11 is 0. The van der Waals surface area contributed by atoms with E-state index in [0.29, 0.717) is 47.4 Å². The van der Waals surface area contributed by atoms with Gasteiger partial charge in [-0.2, -0.15) is 0 Å². The lowest BCUT2D eigenvalue weighted by molar-refractivity contribution is -0.119. The second-order valence-electron chi connectivity index (χ2n) is 9.54. The van der Waals surface area contributed by atoms with Crippen LogP contribution >= 0.6 is 0 Å². The van der Waals surface area contributed by atoms with Crippen molar-refractivity contribution < 1.29 is 13.9 Å². The fourth-order valence-corrected chi connectivity index (χ4v) is 5.89. The molecule has 2 aliphatic rings. The first-order valence-electron chi connectivity index (χ1n) is 12.1. The van der Waals surface area contributed by atoms with Crippen molar-refractivity contribution in [1.82, 2.24) is 14.9 Å². The number of rotatable bonds is 6. The molecule has 1 N–H and O–H groups in total. The Morgan fingerprint density at radius 2 is 2.17 bits per heavy atom. The van der Waals surface area contributed by atoms with Crippen LogP contribution in [0.5, 0.6) is 0 Å². The van der Waals surface area contributed by atoms with Crippen LogP contribution in [0, 0.1) is 12.7 Å². The molecule has 0 radical (unpaired) electrons. The molecular formula is C28H30FN3O3. The van der Waals surface area contributed by atoms with Crippen LogP contribution in [0.3, 0.4) is 0 Å². The molecule has 1 amide bonds. The number of aromatic nitrogens is 2. The minimum atomic E-state index is -0.284. The van der Waals surface area contributed by atoms with Crippen molar-refractivity contribution in [1.29, 1.82) is 0 Å². The van der Waals surface area contributed by atoms with Crippen LogP contribution in [0.2, 0.25) is 0 Å². The molecule has 6 nitrogen and oxygen atoms in total. The summed E-state index contributed by atoms with van der Waals surface area (Å²) in [4.78, 5) is 30.7. The largest absolute Gasteiger partial charge is 0.380 e. The molecule has 0 saturated carbocycles. The molecule has 1 aromatic carbocycles. The molecule has 5 rings (SSSR count). The Labute approximate surface area is 203 Å². The van der Waals surface area contributed by atoms with Gasteiger partial charge in [0.05, 0.1) is 36.1 Å². The highest BCUT2D eigenvalue weighted by molar-refractivity contribution is 5.93. The molecule has 2 atom stereocenters. The number of fused-ring (bicyclic) bond motifs is 4. The molecule has 3 aromatic rings. The third-order valence-corrected chi connectivity index (χ3v) is 7.56. The summed E-state index contributed by atoms with van der Waals surface area (Å²) in [5.74, 6) is -0.404. The lowest BCUT2D eigenvalue weighted by Gasteiger charge is -2.29. The second-order valence-corrected chi connectivity index (χ2v) is 9.54. The summed E-state index contributed by atoms with van der Waals surface area (Å²) in [6.45, 7) is 9.90. The Hall–Kier alpha value is -3.32. The number of hydrogen-bond acceptors (Lipinski definition) is 4. The van der Waals surface area contributed by atoms with Crippen molar-refractivity contribution in [3.63, 3.8) is 0 Å². The SMILES string of the molecule is C=CC(CC)c1cc2n(c(=O)c1COC)Cc1c-2nc2cc(F)c(C)c3c2c1C(NC(C)=O)CC3. The van der Waals surface area contributed by atoms with Crippen molar-refractivity contribution in [3.05, 3.63) is 74.3 Å². The zero-order valence-corrected chi connectivity index (χ0v) is 20.6. The van der Waals surface area contributed by atoms with Crippen molar-refractivity contribution in [3.8, 4) is 11.4 Å². The van der Waals surface area contributed by atoms with E-state index in [4.69, 9.17) is 9.72 Å². The van der Waals surface area contributed by atoms with Gasteiger partial charge in [-0.15, -0.1) is 6.58 Å². The Kier molecular flexibility index (Phi) is 5.83. The molecule has 182 valence electrons. The summed E-state index contributed by atoms with van der Waals surface area (Å²) < 4.78 is 22.0. The van der Waals surface area contributed by atoms with Crippen LogP contribution in [-0.4, -0.2) is 22.6 Å². The van der Waals surface area contributed by atoms with Crippen LogP contribution in [0.4, 0.5) is 4.39 Å². The summed E-state index contributed by atoms with van der Waals surface area (Å²) in [6.07, 6.45) is 3.98. The first kappa shape index (κ1) is 23.4. The van der Waals surface area contributed by atoms with Crippen molar-refractivity contribution in [2.75, 3.05) is 7.11 Å². The molecule has 7 heteroatoms. The molecule has 0 fully saturated rings. The third-order valence-electron chi connectivity index (χ3n) is 7.56. The van der Waals surface area contributed by atoms with Gasteiger partial charge in [0.1, 0.15) is 5.82 Å². The van der Waals surface area contributed by atoms with Gasteiger partial charge in [-0.05, 0) is 54.5 Å². The second kappa shape index (κ2) is 8.72. The van der Waals surface area contributed by atoms with Crippen LogP contribution < -0.4 is 10.9 Å². The van der Waals surface area contributed by atoms with Gasteiger partial charge in [0.15, 0.2) is 0 Å². The molecule has 1 aliphatic carbocycles. The lowest BCUT2D eigenvalue weighted by Crippen LogP contribution is -2.30. The minimum Gasteiger partial charge on any atom is -0.380 e. The summed E-state index contributed by atoms with van der Waals surface area (Å²) in [6, 6.07) is 3.28. The van der Waals surface area contributed by atoms with E-state index in [1.807, 2.05) is 12.1 Å². The van der Waals surface area contributed by atoms with Gasteiger partial charge in [0, 0.05) is 42.5 Å². The van der Waals surface area contributed by atoms with Gasteiger partial charge in [0.25, 0.3) is 5.56 Å². The number of allylic oxidation sites excluding steroid dienone is 1. The molecule has 2 aromatic heterocycles. The van der Waals surface area contributed by atoms with Crippen molar-refractivity contribution >= 4 is 16.8 Å². The van der Waals surface area contributed by atoms with Gasteiger partial charge in [-0.3, -0.25) is 9.59 Å². The van der Waals surface area contributed by atoms with E-state index in [1.165, 1.54) is 13.0 Å². The van der Waals surface area contributed by atoms with Crippen molar-refractivity contribution in [2.24, 2.45) is 0 Å². The smallest absolute Gasteiger partial charge is 0.257 e. The summed E-state index contributed by atoms with van der Waals surface area (Å²) in [7, 11) is 1.58. The van der Waals surface area contributed by atoms with E-state index in [1.54, 1.807) is 18.6 Å². The summed E-state index contributed by atoms with van der Waals surface area (Å²) in [5.41, 5.74) is 6.80. The van der Waals surface area contributed by atoms with Crippen LogP contribution in [0.1, 0.15) is 72.0 Å². The fourth-order valence-electron chi connectivity index (χ4n) is 5.89. The Bertz CT molecular complexity index is 1460. The van der Waals surface area contributed by atoms with E-state index < -0.39 is 0 Å². The van der Waals surface area contributed by atoms with Gasteiger partial charge in [-0.25, -0.2) is 9.37 Å². The van der Waals surface area contributed by atoms with Crippen molar-refractivity contribution in [2.45, 2.75) is 65.1 Å². The molecule has 2 unspecified atom stereocenters. The number of halogens is 1. The number of aryl methyl sites for hydroxylation is 1. The number of hydrogen-bond donors (Lipinski definition) is 1. The Morgan fingerprint density at radius 3 is 2.83 bits per heavy atom. The molecule has 3 heterocycles. The predicted molar refractivity (Wildman–Crippen MR) is 134 cm³/mol. The first-order valence-corrected chi connectivity index (χ1v) is 12.1. The van der Waals surface area contributed by atoms with Gasteiger partial charge < -0.3 is 14.6 Å². The molecule has 35 heavy (non-hydrogen) atoms. The van der Waals surface area contributed by atoms with E-state index in [-0.39, 0.29) is 35.9 Å². The molecule has 1 aliphatic heterocycles. The van der Waals surface area contributed by atoms with Crippen LogP contribution in [0.25, 0.3) is 22.3 Å². The topological polar surface area (TPSA) is 73.2 Å². The zero-order chi connectivity index (χ0) is 25.0. The number of methoxy groups -OCH3 is 1. The highest BCUT2D eigenvalue weighted by atomic mass is 19.1. The van der Waals surface area contributed by atoms with Gasteiger partial charge >= 0.3 is 0 Å². The third kappa shape index (κ3) is 3.52. The molecule has 0 spiro atoms. The van der Waals surface area contributed by atoms with Gasteiger partial charge in [0.2, 0.25) is 5.91 Å². The highest BCUT2D eigenvalue weighted by Gasteiger charge is 2.35. The average molecular weight is 476 g/mol. The minimum absolute atomic E-state index is 0.000403. The number of carbonyl (C=O) groups excluding carboxylic acids is 1. The van der Waals surface area contributed by atoms with E-state index in [2.05, 4.69) is 18.8 Å². The van der Waals surface area contributed by atoms with Crippen LogP contribution in [-0.2, 0) is 29.1 Å². The maximum Gasteiger partial charge on any atom is 0.257 e. The molecule has 0 saturated heterocycles. The molecule has 0 bridgehead atoms. The normalized spacial score (nSPS) is 16.7. The Morgan fingerprint density at radius 1 is 1.40 bits per heavy atom. The highest BCUT2D eigenvalue weighted by Crippen LogP contribution is 2.45. The number of benzene rings is 1. The average Bonchev–Trinajstić information content (AvgIpc) is 3.19. The number of nitrogens with one attached hydrogen (secondary N) is 1. The van der Waals surface area contributed by atoms with Gasteiger partial charge in [-0.1, -0.05) is 13.0 Å². The monoisotopic (exact) mass is 475 g/mol. The maximum atomic E-state index is 14.9. The standard InChI is InChI=1S/C28H30FN3O3/c1-6-16(7-2)18-10-24-27-19(12-32(24)28(34)20(18)13-35-5)26-22(30-15(4)33)9-8-17-14(3)21(29)11-23(31-27)25(17)26/h6,10-11,16,22H,1,7-9,12-13H2,2-5H3,(H,30,33). The quantitative estimate of drug-likeness (QED) is 0.406. The number of pyridine rings is 2. The van der Waals surface area contributed by atoms with E-state index in [0.717, 1.165) is 34.1 Å². The predicted octanol–water partition coefficient (Wildman–Crippen LogP) is 4.82. The zero-order valence-electron chi connectivity index (χ0n) is 20.6. The van der Waals surface area contributed by atoms with E-state index >= 15 is 0 Å². The first-order chi connectivity index (χ1) is 16.8. The number of carbonyl (C=O) groups is 1. The Balaban J connectivity index is 1.85. The lowest BCUT2D eigenvalue weighted by atomic mass is 9.81. The maximum absolute atomic E-state index is 14.9.